The van der Waals surface area contributed by atoms with Gasteiger partial charge in [-0.2, -0.15) is 11.8 Å². The highest BCUT2D eigenvalue weighted by Gasteiger charge is 2.13. The molecule has 0 amide bonds. The van der Waals surface area contributed by atoms with Crippen LogP contribution in [0.15, 0.2) is 40.7 Å². The van der Waals surface area contributed by atoms with E-state index in [9.17, 15) is 0 Å². The Kier molecular flexibility index (Phi) is 3.94. The molecule has 0 N–H and O–H groups in total. The quantitative estimate of drug-likeness (QED) is 0.624. The van der Waals surface area contributed by atoms with Gasteiger partial charge in [0.25, 0.3) is 0 Å². The van der Waals surface area contributed by atoms with E-state index < -0.39 is 0 Å². The molecule has 0 saturated heterocycles. The van der Waals surface area contributed by atoms with Crippen molar-refractivity contribution in [1.82, 2.24) is 0 Å². The number of hydrogen-bond donors (Lipinski definition) is 0. The predicted molar refractivity (Wildman–Crippen MR) is 69.2 cm³/mol. The van der Waals surface area contributed by atoms with E-state index >= 15 is 0 Å². The number of hydrogen-bond acceptors (Lipinski definition) is 1. The highest BCUT2D eigenvalue weighted by Crippen LogP contribution is 2.31. The number of rotatable bonds is 2. The molecular weight excluding hydrogens is 200 g/mol. The minimum atomic E-state index is 1.18. The summed E-state index contributed by atoms with van der Waals surface area (Å²) in [6.07, 6.45) is 11.6. The Bertz CT molecular complexity index is 352. The lowest BCUT2D eigenvalue weighted by molar-refractivity contribution is 0.856. The third-order valence-electron chi connectivity index (χ3n) is 2.91. The Morgan fingerprint density at radius 3 is 3.27 bits per heavy atom. The maximum absolute atomic E-state index is 3.27. The fourth-order valence-corrected chi connectivity index (χ4v) is 3.15. The molecule has 80 valence electrons. The smallest absolute Gasteiger partial charge is 0.0193 e. The van der Waals surface area contributed by atoms with E-state index in [0.29, 0.717) is 0 Å². The van der Waals surface area contributed by atoms with Gasteiger partial charge in [-0.15, -0.1) is 5.73 Å². The van der Waals surface area contributed by atoms with Crippen LogP contribution in [0.3, 0.4) is 0 Å². The summed E-state index contributed by atoms with van der Waals surface area (Å²) in [5.74, 6) is 2.49. The minimum Gasteiger partial charge on any atom is -0.157 e. The minimum absolute atomic E-state index is 1.18. The Morgan fingerprint density at radius 1 is 1.47 bits per heavy atom. The summed E-state index contributed by atoms with van der Waals surface area (Å²) in [4.78, 5) is 0. The van der Waals surface area contributed by atoms with Crippen molar-refractivity contribution in [3.63, 3.8) is 0 Å². The molecule has 15 heavy (non-hydrogen) atoms. The van der Waals surface area contributed by atoms with E-state index in [4.69, 9.17) is 0 Å². The van der Waals surface area contributed by atoms with Crippen molar-refractivity contribution in [2.75, 3.05) is 11.5 Å². The second-order valence-electron chi connectivity index (χ2n) is 4.08. The van der Waals surface area contributed by atoms with E-state index in [0.717, 1.165) is 0 Å². The van der Waals surface area contributed by atoms with Crippen molar-refractivity contribution in [3.05, 3.63) is 40.7 Å². The Labute approximate surface area is 96.8 Å². The zero-order chi connectivity index (χ0) is 10.5. The van der Waals surface area contributed by atoms with Crippen LogP contribution in [0.5, 0.6) is 0 Å². The lowest BCUT2D eigenvalue weighted by Crippen LogP contribution is -1.94. The van der Waals surface area contributed by atoms with Gasteiger partial charge in [0.1, 0.15) is 0 Å². The molecule has 2 aliphatic rings. The van der Waals surface area contributed by atoms with Gasteiger partial charge in [0, 0.05) is 5.75 Å². The second kappa shape index (κ2) is 5.44. The molecule has 0 fully saturated rings. The zero-order valence-electron chi connectivity index (χ0n) is 9.38. The van der Waals surface area contributed by atoms with Gasteiger partial charge >= 0.3 is 0 Å². The normalized spacial score (nSPS) is 20.7. The maximum atomic E-state index is 3.27. The third kappa shape index (κ3) is 2.68. The van der Waals surface area contributed by atoms with Crippen LogP contribution < -0.4 is 0 Å². The molecule has 1 heteroatoms. The fraction of sp³-hybridized carbons (Fsp3) is 0.500. The Balaban J connectivity index is 2.31. The van der Waals surface area contributed by atoms with Crippen molar-refractivity contribution in [2.45, 2.75) is 32.6 Å². The molecule has 1 aliphatic carbocycles. The van der Waals surface area contributed by atoms with Gasteiger partial charge < -0.3 is 0 Å². The topological polar surface area (TPSA) is 0 Å². The first kappa shape index (κ1) is 10.9. The molecule has 0 bridgehead atoms. The second-order valence-corrected chi connectivity index (χ2v) is 5.18. The molecule has 2 rings (SSSR count). The van der Waals surface area contributed by atoms with Crippen molar-refractivity contribution in [1.29, 1.82) is 0 Å². The van der Waals surface area contributed by atoms with Crippen LogP contribution in [0.2, 0.25) is 0 Å². The molecule has 0 aromatic carbocycles. The van der Waals surface area contributed by atoms with Crippen LogP contribution in [0.4, 0.5) is 0 Å². The maximum Gasteiger partial charge on any atom is 0.0193 e. The van der Waals surface area contributed by atoms with Gasteiger partial charge in [0.05, 0.1) is 0 Å². The largest absolute Gasteiger partial charge is 0.157 e. The zero-order valence-corrected chi connectivity index (χ0v) is 10.2. The van der Waals surface area contributed by atoms with Gasteiger partial charge in [-0.25, -0.2) is 0 Å². The SMILES string of the molecule is CCCC1=CC=C=CC2=C1CCCSC2. The predicted octanol–water partition coefficient (Wildman–Crippen LogP) is 4.26. The first-order chi connectivity index (χ1) is 7.42. The molecule has 0 radical (unpaired) electrons. The van der Waals surface area contributed by atoms with Crippen LogP contribution >= 0.6 is 11.8 Å². The van der Waals surface area contributed by atoms with Gasteiger partial charge in [0.15, 0.2) is 0 Å². The van der Waals surface area contributed by atoms with Crippen LogP contribution in [0, 0.1) is 0 Å². The highest BCUT2D eigenvalue weighted by molar-refractivity contribution is 7.99. The molecule has 0 aromatic heterocycles. The van der Waals surface area contributed by atoms with Gasteiger partial charge in [0.2, 0.25) is 0 Å². The average molecular weight is 218 g/mol. The molecule has 0 saturated carbocycles. The van der Waals surface area contributed by atoms with Crippen LogP contribution in [0.25, 0.3) is 0 Å². The Hall–Kier alpha value is -0.650. The monoisotopic (exact) mass is 218 g/mol. The first-order valence-corrected chi connectivity index (χ1v) is 6.99. The first-order valence-electron chi connectivity index (χ1n) is 5.83. The van der Waals surface area contributed by atoms with Crippen LogP contribution in [-0.2, 0) is 0 Å². The van der Waals surface area contributed by atoms with E-state index in [1.165, 1.54) is 42.8 Å². The summed E-state index contributed by atoms with van der Waals surface area (Å²) in [7, 11) is 0. The van der Waals surface area contributed by atoms with Crippen LogP contribution in [0.1, 0.15) is 32.6 Å². The summed E-state index contributed by atoms with van der Waals surface area (Å²) in [6, 6.07) is 0. The summed E-state index contributed by atoms with van der Waals surface area (Å²) in [6.45, 7) is 2.26. The van der Waals surface area contributed by atoms with Gasteiger partial charge in [-0.3, -0.25) is 0 Å². The molecular formula is C14H18S. The van der Waals surface area contributed by atoms with Crippen LogP contribution in [-0.4, -0.2) is 11.5 Å². The van der Waals surface area contributed by atoms with E-state index in [1.54, 1.807) is 11.1 Å². The molecule has 0 atom stereocenters. The van der Waals surface area contributed by atoms with E-state index in [2.05, 4.69) is 42.6 Å². The summed E-state index contributed by atoms with van der Waals surface area (Å²) < 4.78 is 0. The van der Waals surface area contributed by atoms with Gasteiger partial charge in [-0.1, -0.05) is 19.4 Å². The number of allylic oxidation sites excluding steroid dienone is 4. The van der Waals surface area contributed by atoms with Gasteiger partial charge in [-0.05, 0) is 53.9 Å². The van der Waals surface area contributed by atoms with Crippen molar-refractivity contribution in [3.8, 4) is 0 Å². The molecule has 1 heterocycles. The molecule has 0 spiro atoms. The number of thioether (sulfide) groups is 1. The highest BCUT2D eigenvalue weighted by atomic mass is 32.2. The average Bonchev–Trinajstić information content (AvgIpc) is 2.55. The molecule has 1 aliphatic heterocycles. The fourth-order valence-electron chi connectivity index (χ4n) is 2.18. The lowest BCUT2D eigenvalue weighted by atomic mass is 9.94. The molecule has 0 nitrogen and oxygen atoms in total. The van der Waals surface area contributed by atoms with E-state index in [-0.39, 0.29) is 0 Å². The lowest BCUT2D eigenvalue weighted by Gasteiger charge is -2.11. The summed E-state index contributed by atoms with van der Waals surface area (Å²) in [5.41, 5.74) is 7.95. The third-order valence-corrected chi connectivity index (χ3v) is 4.00. The standard InChI is InChI=1S/C14H18S/c1-2-6-12-7-3-4-8-13-11-15-10-5-9-14(12)13/h3,7-8H,2,5-6,9-11H2,1H3. The van der Waals surface area contributed by atoms with Crippen molar-refractivity contribution >= 4 is 11.8 Å². The Morgan fingerprint density at radius 2 is 2.40 bits per heavy atom. The van der Waals surface area contributed by atoms with E-state index in [1.807, 2.05) is 0 Å². The summed E-state index contributed by atoms with van der Waals surface area (Å²) >= 11 is 2.06. The molecule has 0 aromatic rings. The van der Waals surface area contributed by atoms with Crippen molar-refractivity contribution in [2.24, 2.45) is 0 Å². The molecule has 0 unspecified atom stereocenters. The summed E-state index contributed by atoms with van der Waals surface area (Å²) in [5, 5.41) is 0. The van der Waals surface area contributed by atoms with Crippen molar-refractivity contribution < 1.29 is 0 Å².